The third kappa shape index (κ3) is 4.73. The van der Waals surface area contributed by atoms with Gasteiger partial charge in [0, 0.05) is 10.0 Å². The Hall–Kier alpha value is -1.02. The van der Waals surface area contributed by atoms with Crippen molar-refractivity contribution in [2.75, 3.05) is 19.6 Å². The second-order valence-corrected chi connectivity index (χ2v) is 7.23. The van der Waals surface area contributed by atoms with Crippen LogP contribution in [0.2, 0.25) is 10.0 Å². The lowest BCUT2D eigenvalue weighted by Crippen LogP contribution is -2.22. The maximum atomic E-state index is 6.38. The number of hydrogen-bond donors (Lipinski definition) is 0. The number of hydrogen-bond acceptors (Lipinski definition) is 1. The van der Waals surface area contributed by atoms with Gasteiger partial charge in [-0.3, -0.25) is 0 Å². The van der Waals surface area contributed by atoms with Gasteiger partial charge in [0.05, 0.1) is 0 Å². The summed E-state index contributed by atoms with van der Waals surface area (Å²) in [5, 5.41) is 1.66. The van der Waals surface area contributed by atoms with Gasteiger partial charge < -0.3 is 4.90 Å². The predicted molar refractivity (Wildman–Crippen MR) is 99.6 cm³/mol. The quantitative estimate of drug-likeness (QED) is 0.637. The second kappa shape index (κ2) is 8.19. The smallest absolute Gasteiger partial charge is 0.0438 e. The summed E-state index contributed by atoms with van der Waals surface area (Å²) in [6.07, 6.45) is 4.83. The Morgan fingerprint density at radius 1 is 0.913 bits per heavy atom. The number of rotatable bonds is 6. The van der Waals surface area contributed by atoms with Crippen molar-refractivity contribution < 1.29 is 0 Å². The molecule has 1 nitrogen and oxygen atoms in total. The summed E-state index contributed by atoms with van der Waals surface area (Å²) in [7, 11) is 0. The van der Waals surface area contributed by atoms with E-state index in [9.17, 15) is 0 Å². The summed E-state index contributed by atoms with van der Waals surface area (Å²) in [6, 6.07) is 16.5. The van der Waals surface area contributed by atoms with Crippen LogP contribution in [0.4, 0.5) is 0 Å². The maximum absolute atomic E-state index is 6.38. The van der Waals surface area contributed by atoms with Crippen LogP contribution in [0.5, 0.6) is 0 Å². The third-order valence-electron chi connectivity index (χ3n) is 4.76. The van der Waals surface area contributed by atoms with Crippen LogP contribution < -0.4 is 0 Å². The van der Waals surface area contributed by atoms with Gasteiger partial charge in [0.25, 0.3) is 0 Å². The molecule has 1 heterocycles. The second-order valence-electron chi connectivity index (χ2n) is 6.38. The van der Waals surface area contributed by atoms with Gasteiger partial charge in [-0.05, 0) is 80.6 Å². The van der Waals surface area contributed by atoms with Crippen LogP contribution in [0.25, 0.3) is 0 Å². The molecular weight excluding hydrogens is 325 g/mol. The van der Waals surface area contributed by atoms with E-state index in [-0.39, 0.29) is 0 Å². The Morgan fingerprint density at radius 2 is 1.61 bits per heavy atom. The van der Waals surface area contributed by atoms with E-state index in [0.717, 1.165) is 29.4 Å². The van der Waals surface area contributed by atoms with Gasteiger partial charge in [-0.2, -0.15) is 0 Å². The van der Waals surface area contributed by atoms with Crippen molar-refractivity contribution in [3.05, 3.63) is 69.7 Å². The van der Waals surface area contributed by atoms with Crippen molar-refractivity contribution in [3.8, 4) is 0 Å². The Morgan fingerprint density at radius 3 is 2.30 bits per heavy atom. The summed E-state index contributed by atoms with van der Waals surface area (Å²) in [5.74, 6) is 0.479. The first-order valence-corrected chi connectivity index (χ1v) is 9.19. The van der Waals surface area contributed by atoms with Crippen molar-refractivity contribution in [2.45, 2.75) is 31.6 Å². The summed E-state index contributed by atoms with van der Waals surface area (Å²) in [6.45, 7) is 3.66. The molecule has 2 aromatic carbocycles. The lowest BCUT2D eigenvalue weighted by Gasteiger charge is -2.22. The summed E-state index contributed by atoms with van der Waals surface area (Å²) >= 11 is 12.4. The Kier molecular flexibility index (Phi) is 5.99. The normalized spacial score (nSPS) is 16.6. The molecule has 0 radical (unpaired) electrons. The van der Waals surface area contributed by atoms with E-state index in [1.54, 1.807) is 0 Å². The highest BCUT2D eigenvalue weighted by atomic mass is 35.5. The summed E-state index contributed by atoms with van der Waals surface area (Å²) in [5.41, 5.74) is 2.59. The fraction of sp³-hybridized carbons (Fsp3) is 0.400. The van der Waals surface area contributed by atoms with E-state index < -0.39 is 0 Å². The van der Waals surface area contributed by atoms with Crippen LogP contribution >= 0.6 is 23.2 Å². The molecule has 0 amide bonds. The molecule has 0 aromatic heterocycles. The first-order chi connectivity index (χ1) is 11.2. The zero-order valence-electron chi connectivity index (χ0n) is 13.3. The van der Waals surface area contributed by atoms with Crippen molar-refractivity contribution in [2.24, 2.45) is 0 Å². The van der Waals surface area contributed by atoms with Crippen LogP contribution in [0, 0.1) is 0 Å². The Labute approximate surface area is 149 Å². The minimum atomic E-state index is 0.479. The number of halogens is 2. The highest BCUT2D eigenvalue weighted by molar-refractivity contribution is 6.31. The van der Waals surface area contributed by atoms with E-state index in [1.165, 1.54) is 37.1 Å². The molecule has 0 bridgehead atoms. The number of likely N-dealkylation sites (tertiary alicyclic amines) is 1. The fourth-order valence-electron chi connectivity index (χ4n) is 3.40. The zero-order valence-corrected chi connectivity index (χ0v) is 14.9. The molecule has 0 saturated carbocycles. The molecule has 2 aromatic rings. The predicted octanol–water partition coefficient (Wildman–Crippen LogP) is 5.81. The standard InChI is InChI=1S/C20H23Cl2N/c21-19-9-7-16(8-10-19)17(11-14-23-12-3-4-13-23)15-18-5-1-2-6-20(18)22/h1-2,5-10,17H,3-4,11-15H2/t17-/m1/s1. The molecule has 3 heteroatoms. The third-order valence-corrected chi connectivity index (χ3v) is 5.38. The van der Waals surface area contributed by atoms with Gasteiger partial charge in [-0.15, -0.1) is 0 Å². The molecule has 23 heavy (non-hydrogen) atoms. The van der Waals surface area contributed by atoms with Gasteiger partial charge in [-0.1, -0.05) is 53.5 Å². The average Bonchev–Trinajstić information content (AvgIpc) is 3.07. The van der Waals surface area contributed by atoms with Gasteiger partial charge in [0.2, 0.25) is 0 Å². The van der Waals surface area contributed by atoms with Crippen molar-refractivity contribution in [1.29, 1.82) is 0 Å². The van der Waals surface area contributed by atoms with Crippen LogP contribution in [-0.4, -0.2) is 24.5 Å². The molecule has 0 aliphatic carbocycles. The van der Waals surface area contributed by atoms with Crippen LogP contribution in [0.3, 0.4) is 0 Å². The van der Waals surface area contributed by atoms with Crippen molar-refractivity contribution >= 4 is 23.2 Å². The largest absolute Gasteiger partial charge is 0.303 e. The lowest BCUT2D eigenvalue weighted by molar-refractivity contribution is 0.321. The van der Waals surface area contributed by atoms with Crippen molar-refractivity contribution in [3.63, 3.8) is 0 Å². The first-order valence-electron chi connectivity index (χ1n) is 8.43. The summed E-state index contributed by atoms with van der Waals surface area (Å²) in [4.78, 5) is 2.58. The molecule has 0 unspecified atom stereocenters. The molecule has 1 saturated heterocycles. The highest BCUT2D eigenvalue weighted by Gasteiger charge is 2.17. The molecule has 1 aliphatic heterocycles. The number of nitrogens with zero attached hydrogens (tertiary/aromatic N) is 1. The zero-order chi connectivity index (χ0) is 16.1. The van der Waals surface area contributed by atoms with Gasteiger partial charge >= 0.3 is 0 Å². The minimum Gasteiger partial charge on any atom is -0.303 e. The van der Waals surface area contributed by atoms with E-state index >= 15 is 0 Å². The average molecular weight is 348 g/mol. The molecule has 3 rings (SSSR count). The maximum Gasteiger partial charge on any atom is 0.0438 e. The molecule has 0 spiro atoms. The molecule has 0 N–H and O–H groups in total. The molecule has 122 valence electrons. The van der Waals surface area contributed by atoms with Crippen LogP contribution in [0.15, 0.2) is 48.5 Å². The van der Waals surface area contributed by atoms with Crippen LogP contribution in [0.1, 0.15) is 36.3 Å². The SMILES string of the molecule is Clc1ccc([C@H](CCN2CCCC2)Cc2ccccc2Cl)cc1. The number of benzene rings is 2. The van der Waals surface area contributed by atoms with E-state index in [0.29, 0.717) is 5.92 Å². The Bertz CT molecular complexity index is 618. The molecule has 1 fully saturated rings. The van der Waals surface area contributed by atoms with Gasteiger partial charge in [0.15, 0.2) is 0 Å². The topological polar surface area (TPSA) is 3.24 Å². The fourth-order valence-corrected chi connectivity index (χ4v) is 3.73. The van der Waals surface area contributed by atoms with E-state index in [1.807, 2.05) is 24.3 Å². The summed E-state index contributed by atoms with van der Waals surface area (Å²) < 4.78 is 0. The van der Waals surface area contributed by atoms with E-state index in [4.69, 9.17) is 23.2 Å². The lowest BCUT2D eigenvalue weighted by atomic mass is 9.89. The Balaban J connectivity index is 1.74. The minimum absolute atomic E-state index is 0.479. The van der Waals surface area contributed by atoms with E-state index in [2.05, 4.69) is 29.2 Å². The molecule has 1 aliphatic rings. The van der Waals surface area contributed by atoms with Gasteiger partial charge in [0.1, 0.15) is 0 Å². The van der Waals surface area contributed by atoms with Crippen molar-refractivity contribution in [1.82, 2.24) is 4.90 Å². The molecule has 1 atom stereocenters. The monoisotopic (exact) mass is 347 g/mol. The highest BCUT2D eigenvalue weighted by Crippen LogP contribution is 2.29. The first kappa shape index (κ1) is 16.8. The van der Waals surface area contributed by atoms with Gasteiger partial charge in [-0.25, -0.2) is 0 Å². The molecular formula is C20H23Cl2N. The van der Waals surface area contributed by atoms with Crippen LogP contribution in [-0.2, 0) is 6.42 Å².